The molecule has 0 aromatic heterocycles. The van der Waals surface area contributed by atoms with E-state index in [4.69, 9.17) is 0 Å². The average molecular weight is 495 g/mol. The zero-order valence-corrected chi connectivity index (χ0v) is 21.8. The van der Waals surface area contributed by atoms with Crippen LogP contribution in [-0.4, -0.2) is 0 Å². The molecule has 0 heterocycles. The maximum atomic E-state index is 2.44. The molecule has 0 fully saturated rings. The van der Waals surface area contributed by atoms with Crippen molar-refractivity contribution in [3.63, 3.8) is 0 Å². The Morgan fingerprint density at radius 2 is 1.15 bits per heavy atom. The van der Waals surface area contributed by atoms with Gasteiger partial charge in [0.25, 0.3) is 0 Å². The van der Waals surface area contributed by atoms with Crippen molar-refractivity contribution in [3.8, 4) is 11.1 Å². The molecule has 9 rings (SSSR count). The molecule has 7 aromatic rings. The second-order valence-electron chi connectivity index (χ2n) is 11.4. The Morgan fingerprint density at radius 1 is 0.538 bits per heavy atom. The van der Waals surface area contributed by atoms with E-state index in [1.807, 2.05) is 0 Å². The molecule has 1 atom stereocenters. The molecule has 0 N–H and O–H groups in total. The molecule has 2 aliphatic rings. The van der Waals surface area contributed by atoms with Crippen LogP contribution in [0.3, 0.4) is 0 Å². The van der Waals surface area contributed by atoms with E-state index in [1.54, 1.807) is 0 Å². The third-order valence-corrected chi connectivity index (χ3v) is 9.04. The first-order valence-corrected chi connectivity index (χ1v) is 13.9. The minimum atomic E-state index is 0.431. The fraction of sp³-hybridized carbons (Fsp3) is 0.0769. The highest BCUT2D eigenvalue weighted by Gasteiger charge is 2.26. The number of hydrogen-bond donors (Lipinski definition) is 0. The van der Waals surface area contributed by atoms with Gasteiger partial charge in [0.2, 0.25) is 0 Å². The van der Waals surface area contributed by atoms with Gasteiger partial charge >= 0.3 is 0 Å². The summed E-state index contributed by atoms with van der Waals surface area (Å²) in [5, 5.41) is 10.8. The lowest BCUT2D eigenvalue weighted by Gasteiger charge is -2.29. The molecule has 1 unspecified atom stereocenters. The van der Waals surface area contributed by atoms with Crippen LogP contribution in [0, 0.1) is 6.92 Å². The fourth-order valence-electron chi connectivity index (χ4n) is 7.34. The van der Waals surface area contributed by atoms with Gasteiger partial charge in [-0.1, -0.05) is 103 Å². The summed E-state index contributed by atoms with van der Waals surface area (Å²) in [7, 11) is 0. The Labute approximate surface area is 227 Å². The maximum Gasteiger partial charge on any atom is 0.00742 e. The van der Waals surface area contributed by atoms with Gasteiger partial charge in [-0.3, -0.25) is 0 Å². The van der Waals surface area contributed by atoms with E-state index in [9.17, 15) is 0 Å². The number of hydrogen-bond acceptors (Lipinski definition) is 0. The zero-order valence-electron chi connectivity index (χ0n) is 21.8. The zero-order chi connectivity index (χ0) is 25.7. The molecule has 2 aliphatic carbocycles. The molecular weight excluding hydrogens is 468 g/mol. The summed E-state index contributed by atoms with van der Waals surface area (Å²) in [6, 6.07) is 38.9. The van der Waals surface area contributed by atoms with Crippen LogP contribution in [0.1, 0.15) is 40.2 Å². The highest BCUT2D eigenvalue weighted by molar-refractivity contribution is 6.23. The van der Waals surface area contributed by atoms with E-state index < -0.39 is 0 Å². The van der Waals surface area contributed by atoms with Gasteiger partial charge in [0, 0.05) is 5.92 Å². The van der Waals surface area contributed by atoms with Crippen LogP contribution in [0.25, 0.3) is 71.9 Å². The van der Waals surface area contributed by atoms with E-state index in [2.05, 4.69) is 128 Å². The summed E-state index contributed by atoms with van der Waals surface area (Å²) < 4.78 is 0. The topological polar surface area (TPSA) is 0 Å². The predicted molar refractivity (Wildman–Crippen MR) is 169 cm³/mol. The Hall–Kier alpha value is -4.68. The monoisotopic (exact) mass is 494 g/mol. The summed E-state index contributed by atoms with van der Waals surface area (Å²) >= 11 is 0. The minimum absolute atomic E-state index is 0.431. The van der Waals surface area contributed by atoms with Crippen LogP contribution >= 0.6 is 0 Å². The molecule has 0 spiro atoms. The Bertz CT molecular complexity index is 2140. The molecule has 0 amide bonds. The SMILES string of the molecule is Cc1cc(C2=Cc3ccc4cccc5c4c3C(C=C5)C2)cc(-c2cc3ccc4cccc5ccc(c2)c3c45)c1. The normalized spacial score (nSPS) is 16.0. The van der Waals surface area contributed by atoms with Gasteiger partial charge < -0.3 is 0 Å². The van der Waals surface area contributed by atoms with Crippen molar-refractivity contribution in [2.75, 3.05) is 0 Å². The van der Waals surface area contributed by atoms with Gasteiger partial charge in [0.15, 0.2) is 0 Å². The lowest BCUT2D eigenvalue weighted by atomic mass is 9.75. The van der Waals surface area contributed by atoms with Gasteiger partial charge in [0.1, 0.15) is 0 Å². The molecule has 182 valence electrons. The van der Waals surface area contributed by atoms with Crippen molar-refractivity contribution in [1.29, 1.82) is 0 Å². The molecule has 0 radical (unpaired) electrons. The molecule has 0 saturated carbocycles. The standard InChI is InChI=1S/C39H26/c1-23-16-32(34-18-28-12-8-24-4-2-5-25-9-13-29(19-34)38(28)36(24)25)22-33(17-23)35-20-30-14-10-26-6-3-7-27-11-15-31(21-35)39(30)37(26)27/h2-20,22,31H,21H2,1H3. The second-order valence-corrected chi connectivity index (χ2v) is 11.4. The highest BCUT2D eigenvalue weighted by Crippen LogP contribution is 2.46. The van der Waals surface area contributed by atoms with Crippen molar-refractivity contribution in [2.24, 2.45) is 0 Å². The van der Waals surface area contributed by atoms with Crippen molar-refractivity contribution in [3.05, 3.63) is 137 Å². The lowest BCUT2D eigenvalue weighted by Crippen LogP contribution is -2.09. The van der Waals surface area contributed by atoms with Crippen molar-refractivity contribution in [1.82, 2.24) is 0 Å². The van der Waals surface area contributed by atoms with E-state index >= 15 is 0 Å². The first-order chi connectivity index (χ1) is 19.2. The first-order valence-electron chi connectivity index (χ1n) is 13.9. The first kappa shape index (κ1) is 21.3. The van der Waals surface area contributed by atoms with Crippen LogP contribution in [0.5, 0.6) is 0 Å². The molecule has 7 aromatic carbocycles. The van der Waals surface area contributed by atoms with Crippen LogP contribution < -0.4 is 0 Å². The van der Waals surface area contributed by atoms with Gasteiger partial charge in [-0.25, -0.2) is 0 Å². The van der Waals surface area contributed by atoms with E-state index in [0.29, 0.717) is 5.92 Å². The molecule has 0 heteroatoms. The molecule has 0 saturated heterocycles. The highest BCUT2D eigenvalue weighted by atomic mass is 14.3. The summed E-state index contributed by atoms with van der Waals surface area (Å²) in [6.45, 7) is 2.23. The number of rotatable bonds is 2. The molecule has 0 nitrogen and oxygen atoms in total. The van der Waals surface area contributed by atoms with Gasteiger partial charge in [-0.05, 0) is 119 Å². The smallest absolute Gasteiger partial charge is 0.00742 e. The van der Waals surface area contributed by atoms with Gasteiger partial charge in [-0.2, -0.15) is 0 Å². The summed E-state index contributed by atoms with van der Waals surface area (Å²) in [5.41, 5.74) is 10.9. The largest absolute Gasteiger partial charge is 0.0760 e. The minimum Gasteiger partial charge on any atom is -0.0760 e. The van der Waals surface area contributed by atoms with E-state index in [0.717, 1.165) is 6.42 Å². The summed E-state index contributed by atoms with van der Waals surface area (Å²) in [6.07, 6.45) is 8.24. The van der Waals surface area contributed by atoms with Crippen molar-refractivity contribution < 1.29 is 0 Å². The fourth-order valence-corrected chi connectivity index (χ4v) is 7.34. The van der Waals surface area contributed by atoms with Crippen molar-refractivity contribution >= 4 is 60.8 Å². The Balaban J connectivity index is 1.21. The quantitative estimate of drug-likeness (QED) is 0.210. The van der Waals surface area contributed by atoms with Crippen LogP contribution in [0.15, 0.2) is 109 Å². The molecule has 0 aliphatic heterocycles. The number of aryl methyl sites for hydroxylation is 1. The lowest BCUT2D eigenvalue weighted by molar-refractivity contribution is 0.874. The van der Waals surface area contributed by atoms with Crippen LogP contribution in [-0.2, 0) is 0 Å². The average Bonchev–Trinajstić information content (AvgIpc) is 2.98. The second kappa shape index (κ2) is 7.68. The summed E-state index contributed by atoms with van der Waals surface area (Å²) in [4.78, 5) is 0. The van der Waals surface area contributed by atoms with Crippen molar-refractivity contribution in [2.45, 2.75) is 19.3 Å². The van der Waals surface area contributed by atoms with Crippen LogP contribution in [0.2, 0.25) is 0 Å². The third-order valence-electron chi connectivity index (χ3n) is 9.04. The number of benzene rings is 7. The molecule has 0 bridgehead atoms. The Kier molecular flexibility index (Phi) is 4.19. The van der Waals surface area contributed by atoms with E-state index in [-0.39, 0.29) is 0 Å². The van der Waals surface area contributed by atoms with E-state index in [1.165, 1.54) is 87.6 Å². The van der Waals surface area contributed by atoms with Gasteiger partial charge in [-0.15, -0.1) is 0 Å². The number of allylic oxidation sites excluding steroid dienone is 2. The maximum absolute atomic E-state index is 2.44. The predicted octanol–water partition coefficient (Wildman–Crippen LogP) is 10.8. The summed E-state index contributed by atoms with van der Waals surface area (Å²) in [5.74, 6) is 0.431. The third kappa shape index (κ3) is 3.06. The van der Waals surface area contributed by atoms with Crippen LogP contribution in [0.4, 0.5) is 0 Å². The van der Waals surface area contributed by atoms with Gasteiger partial charge in [0.05, 0.1) is 0 Å². The molecule has 39 heavy (non-hydrogen) atoms. The Morgan fingerprint density at radius 3 is 1.95 bits per heavy atom. The molecular formula is C39H26.